The van der Waals surface area contributed by atoms with Crippen LogP contribution in [-0.4, -0.2) is 11.1 Å². The van der Waals surface area contributed by atoms with E-state index in [9.17, 15) is 9.90 Å². The van der Waals surface area contributed by atoms with E-state index in [1.165, 1.54) is 0 Å². The van der Waals surface area contributed by atoms with Crippen LogP contribution in [0.3, 0.4) is 0 Å². The minimum Gasteiger partial charge on any atom is -0.507 e. The number of esters is 1. The topological polar surface area (TPSA) is 46.5 Å². The predicted molar refractivity (Wildman–Crippen MR) is 109 cm³/mol. The molecule has 27 heavy (non-hydrogen) atoms. The maximum atomic E-state index is 12.6. The molecule has 0 amide bonds. The molecule has 0 heterocycles. The molecule has 0 fully saturated rings. The van der Waals surface area contributed by atoms with Crippen LogP contribution in [-0.2, 0) is 0 Å². The molecule has 0 saturated carbocycles. The quantitative estimate of drug-likeness (QED) is 0.437. The minimum absolute atomic E-state index is 0.163. The number of benzene rings is 3. The summed E-state index contributed by atoms with van der Waals surface area (Å²) in [4.78, 5) is 12.6. The van der Waals surface area contributed by atoms with Gasteiger partial charge in [0.05, 0.1) is 5.56 Å². The van der Waals surface area contributed by atoms with Gasteiger partial charge in [-0.05, 0) is 86.3 Å². The second-order valence-electron chi connectivity index (χ2n) is 6.68. The zero-order valence-corrected chi connectivity index (χ0v) is 16.5. The van der Waals surface area contributed by atoms with E-state index in [0.717, 1.165) is 27.8 Å². The van der Waals surface area contributed by atoms with Crippen molar-refractivity contribution in [3.8, 4) is 22.6 Å². The summed E-state index contributed by atoms with van der Waals surface area (Å²) in [5.41, 5.74) is 5.85. The summed E-state index contributed by atoms with van der Waals surface area (Å²) < 4.78 is 5.72. The molecule has 0 bridgehead atoms. The van der Waals surface area contributed by atoms with E-state index < -0.39 is 5.97 Å². The second-order valence-corrected chi connectivity index (χ2v) is 7.12. The molecule has 3 aromatic rings. The molecule has 3 nitrogen and oxygen atoms in total. The molecular weight excluding hydrogens is 360 g/mol. The average molecular weight is 381 g/mol. The van der Waals surface area contributed by atoms with Crippen LogP contribution in [0.4, 0.5) is 0 Å². The first-order valence-corrected chi connectivity index (χ1v) is 9.05. The highest BCUT2D eigenvalue weighted by atomic mass is 35.5. The zero-order chi connectivity index (χ0) is 19.7. The molecule has 3 rings (SSSR count). The van der Waals surface area contributed by atoms with Crippen molar-refractivity contribution < 1.29 is 14.6 Å². The maximum Gasteiger partial charge on any atom is 0.343 e. The van der Waals surface area contributed by atoms with Gasteiger partial charge in [-0.3, -0.25) is 0 Å². The Labute approximate surface area is 164 Å². The normalized spacial score (nSPS) is 10.7. The van der Waals surface area contributed by atoms with Crippen LogP contribution < -0.4 is 4.74 Å². The van der Waals surface area contributed by atoms with Crippen LogP contribution in [0.15, 0.2) is 48.5 Å². The summed E-state index contributed by atoms with van der Waals surface area (Å²) >= 11 is 5.89. The highest BCUT2D eigenvalue weighted by Crippen LogP contribution is 2.42. The fourth-order valence-electron chi connectivity index (χ4n) is 3.05. The number of ether oxygens (including phenoxy) is 1. The van der Waals surface area contributed by atoms with Gasteiger partial charge in [0.25, 0.3) is 0 Å². The smallest absolute Gasteiger partial charge is 0.343 e. The molecule has 0 unspecified atom stereocenters. The molecule has 1 N–H and O–H groups in total. The summed E-state index contributed by atoms with van der Waals surface area (Å²) in [6.45, 7) is 7.90. The Balaban J connectivity index is 2.13. The first-order chi connectivity index (χ1) is 12.8. The lowest BCUT2D eigenvalue weighted by Crippen LogP contribution is -2.10. The van der Waals surface area contributed by atoms with Crippen molar-refractivity contribution in [2.45, 2.75) is 27.7 Å². The van der Waals surface area contributed by atoms with Gasteiger partial charge in [-0.1, -0.05) is 23.7 Å². The van der Waals surface area contributed by atoms with E-state index in [0.29, 0.717) is 21.9 Å². The lowest BCUT2D eigenvalue weighted by molar-refractivity contribution is 0.0735. The number of aryl methyl sites for hydroxylation is 2. The Morgan fingerprint density at radius 3 is 2.00 bits per heavy atom. The summed E-state index contributed by atoms with van der Waals surface area (Å²) in [5.74, 6) is 0.110. The maximum absolute atomic E-state index is 12.6. The van der Waals surface area contributed by atoms with Crippen LogP contribution in [0.1, 0.15) is 32.6 Å². The first-order valence-electron chi connectivity index (χ1n) is 8.67. The largest absolute Gasteiger partial charge is 0.507 e. The van der Waals surface area contributed by atoms with Crippen LogP contribution in [0.25, 0.3) is 11.1 Å². The molecule has 0 aliphatic heterocycles. The highest BCUT2D eigenvalue weighted by molar-refractivity contribution is 6.30. The molecule has 0 aliphatic carbocycles. The lowest BCUT2D eigenvalue weighted by atomic mass is 9.90. The van der Waals surface area contributed by atoms with Gasteiger partial charge in [0.1, 0.15) is 11.5 Å². The van der Waals surface area contributed by atoms with Crippen LogP contribution in [0.5, 0.6) is 11.5 Å². The number of hydrogen-bond donors (Lipinski definition) is 1. The number of halogens is 1. The Hall–Kier alpha value is -2.78. The van der Waals surface area contributed by atoms with Crippen LogP contribution in [0.2, 0.25) is 5.02 Å². The third-order valence-electron chi connectivity index (χ3n) is 4.94. The average Bonchev–Trinajstić information content (AvgIpc) is 2.64. The van der Waals surface area contributed by atoms with Crippen molar-refractivity contribution in [1.82, 2.24) is 0 Å². The summed E-state index contributed by atoms with van der Waals surface area (Å²) in [6, 6.07) is 13.8. The van der Waals surface area contributed by atoms with Gasteiger partial charge in [0.2, 0.25) is 0 Å². The van der Waals surface area contributed by atoms with Gasteiger partial charge < -0.3 is 9.84 Å². The van der Waals surface area contributed by atoms with Gasteiger partial charge in [-0.15, -0.1) is 0 Å². The van der Waals surface area contributed by atoms with Crippen molar-refractivity contribution in [2.75, 3.05) is 0 Å². The van der Waals surface area contributed by atoms with Gasteiger partial charge in [-0.2, -0.15) is 0 Å². The van der Waals surface area contributed by atoms with Crippen LogP contribution in [0, 0.1) is 27.7 Å². The predicted octanol–water partition coefficient (Wildman–Crippen LogP) is 6.17. The molecule has 0 aromatic heterocycles. The number of phenols is 1. The standard InChI is InChI=1S/C23H21ClO3/c1-13-5-11-19(25)21(15(13)3)22-16(4)14(2)6-12-20(22)27-23(26)17-7-9-18(24)10-8-17/h5-12,25H,1-4H3. The number of carbonyl (C=O) groups excluding carboxylic acids is 1. The first kappa shape index (κ1) is 19.0. The van der Waals surface area contributed by atoms with E-state index in [4.69, 9.17) is 16.3 Å². The van der Waals surface area contributed by atoms with Crippen molar-refractivity contribution in [3.63, 3.8) is 0 Å². The van der Waals surface area contributed by atoms with Gasteiger partial charge >= 0.3 is 5.97 Å². The third kappa shape index (κ3) is 3.69. The summed E-state index contributed by atoms with van der Waals surface area (Å²) in [7, 11) is 0. The molecule has 0 aliphatic rings. The highest BCUT2D eigenvalue weighted by Gasteiger charge is 2.20. The third-order valence-corrected chi connectivity index (χ3v) is 5.20. The monoisotopic (exact) mass is 380 g/mol. The number of rotatable bonds is 3. The molecular formula is C23H21ClO3. The zero-order valence-electron chi connectivity index (χ0n) is 15.8. The molecule has 0 spiro atoms. The SMILES string of the molecule is Cc1ccc(O)c(-c2c(OC(=O)c3ccc(Cl)cc3)ccc(C)c2C)c1C. The van der Waals surface area contributed by atoms with E-state index in [2.05, 4.69) is 0 Å². The minimum atomic E-state index is -0.471. The summed E-state index contributed by atoms with van der Waals surface area (Å²) in [5, 5.41) is 11.1. The van der Waals surface area contributed by atoms with Crippen LogP contribution >= 0.6 is 11.6 Å². The Bertz CT molecular complexity index is 1020. The summed E-state index contributed by atoms with van der Waals surface area (Å²) in [6.07, 6.45) is 0. The Morgan fingerprint density at radius 1 is 0.815 bits per heavy atom. The van der Waals surface area contributed by atoms with Crippen molar-refractivity contribution in [3.05, 3.63) is 81.4 Å². The molecule has 0 atom stereocenters. The molecule has 4 heteroatoms. The second kappa shape index (κ2) is 7.45. The molecule has 0 radical (unpaired) electrons. The van der Waals surface area contributed by atoms with Crippen molar-refractivity contribution in [1.29, 1.82) is 0 Å². The van der Waals surface area contributed by atoms with Crippen molar-refractivity contribution in [2.24, 2.45) is 0 Å². The number of hydrogen-bond acceptors (Lipinski definition) is 3. The van der Waals surface area contributed by atoms with Crippen molar-refractivity contribution >= 4 is 17.6 Å². The fourth-order valence-corrected chi connectivity index (χ4v) is 3.17. The molecule has 3 aromatic carbocycles. The fraction of sp³-hybridized carbons (Fsp3) is 0.174. The Morgan fingerprint density at radius 2 is 1.37 bits per heavy atom. The number of aromatic hydroxyl groups is 1. The Kier molecular flexibility index (Phi) is 5.24. The van der Waals surface area contributed by atoms with E-state index in [1.807, 2.05) is 39.8 Å². The van der Waals surface area contributed by atoms with Gasteiger partial charge in [0.15, 0.2) is 0 Å². The van der Waals surface area contributed by atoms with Gasteiger partial charge in [0, 0.05) is 16.1 Å². The van der Waals surface area contributed by atoms with E-state index in [1.54, 1.807) is 36.4 Å². The van der Waals surface area contributed by atoms with E-state index in [-0.39, 0.29) is 5.75 Å². The molecule has 0 saturated heterocycles. The van der Waals surface area contributed by atoms with Gasteiger partial charge in [-0.25, -0.2) is 4.79 Å². The lowest BCUT2D eigenvalue weighted by Gasteiger charge is -2.19. The number of phenolic OH excluding ortho intramolecular Hbond substituents is 1. The number of carbonyl (C=O) groups is 1. The van der Waals surface area contributed by atoms with E-state index >= 15 is 0 Å². The molecule has 138 valence electrons.